The van der Waals surface area contributed by atoms with Crippen molar-refractivity contribution in [3.8, 4) is 5.75 Å². The largest absolute Gasteiger partial charge is 0.492 e. The maximum absolute atomic E-state index is 11.9. The second-order valence-electron chi connectivity index (χ2n) is 4.05. The smallest absolute Gasteiger partial charge is 0.251 e. The zero-order chi connectivity index (χ0) is 14.4. The summed E-state index contributed by atoms with van der Waals surface area (Å²) in [4.78, 5) is 11.9. The van der Waals surface area contributed by atoms with E-state index in [9.17, 15) is 4.79 Å². The van der Waals surface area contributed by atoms with Crippen LogP contribution in [-0.2, 0) is 0 Å². The van der Waals surface area contributed by atoms with Crippen LogP contribution in [0.3, 0.4) is 0 Å². The van der Waals surface area contributed by atoms with Crippen molar-refractivity contribution >= 4 is 33.4 Å². The third-order valence-corrected chi connectivity index (χ3v) is 3.81. The maximum Gasteiger partial charge on any atom is 0.251 e. The van der Waals surface area contributed by atoms with Gasteiger partial charge in [0, 0.05) is 10.0 Å². The summed E-state index contributed by atoms with van der Waals surface area (Å²) in [6.45, 7) is 0.849. The Morgan fingerprint density at radius 2 is 1.95 bits per heavy atom. The highest BCUT2D eigenvalue weighted by atomic mass is 79.9. The fourth-order valence-electron chi connectivity index (χ4n) is 1.59. The van der Waals surface area contributed by atoms with Crippen molar-refractivity contribution in [1.29, 1.82) is 0 Å². The highest BCUT2D eigenvalue weighted by Gasteiger charge is 2.07. The number of hydrogen-bond acceptors (Lipinski definition) is 2. The molecule has 0 atom stereocenters. The summed E-state index contributed by atoms with van der Waals surface area (Å²) < 4.78 is 6.25. The molecule has 0 aliphatic carbocycles. The van der Waals surface area contributed by atoms with Crippen LogP contribution in [0, 0.1) is 0 Å². The molecule has 0 bridgehead atoms. The van der Waals surface area contributed by atoms with Gasteiger partial charge in [-0.1, -0.05) is 29.8 Å². The van der Waals surface area contributed by atoms with Crippen LogP contribution in [0.5, 0.6) is 5.75 Å². The van der Waals surface area contributed by atoms with E-state index in [4.69, 9.17) is 16.3 Å². The molecule has 2 aromatic rings. The Bertz CT molecular complexity index is 590. The Kier molecular flexibility index (Phi) is 5.44. The van der Waals surface area contributed by atoms with Gasteiger partial charge in [-0.05, 0) is 46.3 Å². The summed E-state index contributed by atoms with van der Waals surface area (Å²) in [5.41, 5.74) is 0.526. The van der Waals surface area contributed by atoms with Crippen molar-refractivity contribution in [2.24, 2.45) is 0 Å². The van der Waals surface area contributed by atoms with Gasteiger partial charge in [0.2, 0.25) is 0 Å². The van der Waals surface area contributed by atoms with E-state index in [1.165, 1.54) is 0 Å². The Labute approximate surface area is 131 Å². The number of carbonyl (C=O) groups excluding carboxylic acids is 1. The van der Waals surface area contributed by atoms with Crippen LogP contribution in [0.1, 0.15) is 10.4 Å². The van der Waals surface area contributed by atoms with Crippen molar-refractivity contribution in [3.05, 3.63) is 63.6 Å². The van der Waals surface area contributed by atoms with Gasteiger partial charge in [-0.3, -0.25) is 4.79 Å². The van der Waals surface area contributed by atoms with E-state index in [1.807, 2.05) is 30.3 Å². The summed E-state index contributed by atoms with van der Waals surface area (Å²) in [6, 6.07) is 14.5. The molecule has 0 aromatic heterocycles. The molecule has 0 heterocycles. The van der Waals surface area contributed by atoms with E-state index in [0.717, 1.165) is 10.2 Å². The molecule has 2 aromatic carbocycles. The second-order valence-corrected chi connectivity index (χ2v) is 5.31. The number of amides is 1. The summed E-state index contributed by atoms with van der Waals surface area (Å²) in [7, 11) is 0. The van der Waals surface area contributed by atoms with Crippen molar-refractivity contribution in [2.75, 3.05) is 13.2 Å². The van der Waals surface area contributed by atoms with Crippen molar-refractivity contribution in [2.45, 2.75) is 0 Å². The second kappa shape index (κ2) is 7.31. The Hall–Kier alpha value is -1.52. The summed E-state index contributed by atoms with van der Waals surface area (Å²) in [5.74, 6) is 0.615. The van der Waals surface area contributed by atoms with Gasteiger partial charge in [0.15, 0.2) is 0 Å². The molecule has 104 valence electrons. The average Bonchev–Trinajstić information content (AvgIpc) is 2.47. The molecule has 1 N–H and O–H groups in total. The van der Waals surface area contributed by atoms with E-state index < -0.39 is 0 Å². The van der Waals surface area contributed by atoms with Crippen molar-refractivity contribution in [1.82, 2.24) is 5.32 Å². The lowest BCUT2D eigenvalue weighted by atomic mass is 10.2. The zero-order valence-corrected chi connectivity index (χ0v) is 12.9. The molecule has 2 rings (SSSR count). The molecular formula is C15H13BrClNO2. The number of benzene rings is 2. The molecule has 0 radical (unpaired) electrons. The lowest BCUT2D eigenvalue weighted by Gasteiger charge is -2.08. The minimum atomic E-state index is -0.170. The van der Waals surface area contributed by atoms with E-state index in [2.05, 4.69) is 21.2 Å². The summed E-state index contributed by atoms with van der Waals surface area (Å²) in [5, 5.41) is 3.29. The van der Waals surface area contributed by atoms with Crippen LogP contribution < -0.4 is 10.1 Å². The van der Waals surface area contributed by atoms with Gasteiger partial charge in [0.05, 0.1) is 11.6 Å². The van der Waals surface area contributed by atoms with Gasteiger partial charge in [-0.15, -0.1) is 0 Å². The lowest BCUT2D eigenvalue weighted by molar-refractivity contribution is 0.0947. The Morgan fingerprint density at radius 1 is 1.20 bits per heavy atom. The molecule has 0 aliphatic rings. The molecule has 0 unspecified atom stereocenters. The highest BCUT2D eigenvalue weighted by Crippen LogP contribution is 2.23. The molecular weight excluding hydrogens is 342 g/mol. The quantitative estimate of drug-likeness (QED) is 0.827. The standard InChI is InChI=1S/C15H13BrClNO2/c16-13-7-6-11(10-14(13)17)15(19)18-8-9-20-12-4-2-1-3-5-12/h1-7,10H,8-9H2,(H,18,19). The maximum atomic E-state index is 11.9. The van der Waals surface area contributed by atoms with Gasteiger partial charge in [-0.25, -0.2) is 0 Å². The molecule has 20 heavy (non-hydrogen) atoms. The highest BCUT2D eigenvalue weighted by molar-refractivity contribution is 9.10. The van der Waals surface area contributed by atoms with E-state index in [-0.39, 0.29) is 5.91 Å². The SMILES string of the molecule is O=C(NCCOc1ccccc1)c1ccc(Br)c(Cl)c1. The van der Waals surface area contributed by atoms with Gasteiger partial charge < -0.3 is 10.1 Å². The molecule has 1 amide bonds. The Balaban J connectivity index is 1.79. The number of hydrogen-bond donors (Lipinski definition) is 1. The Morgan fingerprint density at radius 3 is 2.65 bits per heavy atom. The number of carbonyl (C=O) groups is 1. The third kappa shape index (κ3) is 4.25. The van der Waals surface area contributed by atoms with E-state index in [1.54, 1.807) is 18.2 Å². The first-order valence-corrected chi connectivity index (χ1v) is 7.25. The van der Waals surface area contributed by atoms with Crippen LogP contribution in [0.25, 0.3) is 0 Å². The molecule has 0 aliphatic heterocycles. The first kappa shape index (κ1) is 14.9. The molecule has 5 heteroatoms. The molecule has 0 saturated carbocycles. The number of para-hydroxylation sites is 1. The predicted molar refractivity (Wildman–Crippen MR) is 83.4 cm³/mol. The van der Waals surface area contributed by atoms with Gasteiger partial charge >= 0.3 is 0 Å². The third-order valence-electron chi connectivity index (χ3n) is 2.58. The first-order valence-electron chi connectivity index (χ1n) is 6.08. The number of rotatable bonds is 5. The number of nitrogens with one attached hydrogen (secondary N) is 1. The average molecular weight is 355 g/mol. The van der Waals surface area contributed by atoms with Crippen LogP contribution in [-0.4, -0.2) is 19.1 Å². The lowest BCUT2D eigenvalue weighted by Crippen LogP contribution is -2.28. The minimum Gasteiger partial charge on any atom is -0.492 e. The number of ether oxygens (including phenoxy) is 1. The van der Waals surface area contributed by atoms with Crippen molar-refractivity contribution < 1.29 is 9.53 Å². The van der Waals surface area contributed by atoms with Crippen LogP contribution in [0.2, 0.25) is 5.02 Å². The van der Waals surface area contributed by atoms with Crippen LogP contribution in [0.15, 0.2) is 53.0 Å². The fourth-order valence-corrected chi connectivity index (χ4v) is 2.02. The minimum absolute atomic E-state index is 0.170. The predicted octanol–water partition coefficient (Wildman–Crippen LogP) is 3.91. The van der Waals surface area contributed by atoms with Gasteiger partial charge in [0.25, 0.3) is 5.91 Å². The summed E-state index contributed by atoms with van der Waals surface area (Å²) >= 11 is 9.23. The monoisotopic (exact) mass is 353 g/mol. The summed E-state index contributed by atoms with van der Waals surface area (Å²) in [6.07, 6.45) is 0. The van der Waals surface area contributed by atoms with Crippen LogP contribution >= 0.6 is 27.5 Å². The van der Waals surface area contributed by atoms with E-state index in [0.29, 0.717) is 23.7 Å². The van der Waals surface area contributed by atoms with Gasteiger partial charge in [0.1, 0.15) is 12.4 Å². The van der Waals surface area contributed by atoms with E-state index >= 15 is 0 Å². The topological polar surface area (TPSA) is 38.3 Å². The first-order chi connectivity index (χ1) is 9.66. The number of halogens is 2. The van der Waals surface area contributed by atoms with Gasteiger partial charge in [-0.2, -0.15) is 0 Å². The molecule has 3 nitrogen and oxygen atoms in total. The molecule has 0 saturated heterocycles. The van der Waals surface area contributed by atoms with Crippen LogP contribution in [0.4, 0.5) is 0 Å². The molecule has 0 spiro atoms. The fraction of sp³-hybridized carbons (Fsp3) is 0.133. The normalized spacial score (nSPS) is 10.1. The van der Waals surface area contributed by atoms with Crippen molar-refractivity contribution in [3.63, 3.8) is 0 Å². The molecule has 0 fully saturated rings. The zero-order valence-electron chi connectivity index (χ0n) is 10.6.